The zero-order valence-electron chi connectivity index (χ0n) is 67.5. The number of ketones is 3. The summed E-state index contributed by atoms with van der Waals surface area (Å²) in [5.74, 6) is 7.92. The van der Waals surface area contributed by atoms with E-state index < -0.39 is 29.6 Å². The maximum Gasteiger partial charge on any atom is 0.320 e. The van der Waals surface area contributed by atoms with E-state index >= 15 is 0 Å². The molecule has 0 saturated heterocycles. The van der Waals surface area contributed by atoms with Crippen LogP contribution in [-0.4, -0.2) is 98.1 Å². The number of nitrogens with one attached hydrogen (secondary N) is 2. The highest BCUT2D eigenvalue weighted by atomic mass is 35.5. The highest BCUT2D eigenvalue weighted by molar-refractivity contribution is 5.85. The Morgan fingerprint density at radius 3 is 1.07 bits per heavy atom. The SMILES string of the molecule is Cc1ccc(CC(=O)CC(NCC(=O)O)c2noc(C3CC(CC(C)C)C3)c2C2CC2)c(C)c1.Cc1ccc(CC(=O)CC(NCC(=O)O)c2noc(C3CC(CC(C)C)C3)c2C2CC2)c(C)c1.Cc1ccc(CC(=O)CC(c2noc(C3CC(CC(C)C)C3)c2C2CC2)N(C)CC(=O)OC(C)(C)C)c(C)c1.Cl. The lowest BCUT2D eigenvalue weighted by Gasteiger charge is -2.35. The quantitative estimate of drug-likeness (QED) is 0.0267. The fraction of sp³-hybridized carbons (Fsp3) is 0.629. The molecule has 3 aromatic carbocycles. The second-order valence-electron chi connectivity index (χ2n) is 35.6. The Hall–Kier alpha value is -7.12. The average molecular weight is 1510 g/mol. The molecule has 6 aromatic rings. The fourth-order valence-electron chi connectivity index (χ4n) is 17.1. The van der Waals surface area contributed by atoms with Crippen LogP contribution in [0.25, 0.3) is 0 Å². The summed E-state index contributed by atoms with van der Waals surface area (Å²) in [6.07, 6.45) is 18.9. The molecular weight excluding hydrogens is 1380 g/mol. The zero-order valence-corrected chi connectivity index (χ0v) is 68.3. The predicted octanol–water partition coefficient (Wildman–Crippen LogP) is 18.9. The van der Waals surface area contributed by atoms with Crippen molar-refractivity contribution in [3.8, 4) is 0 Å². The average Bonchev–Trinajstić information content (AvgIpc) is 1.62. The van der Waals surface area contributed by atoms with Gasteiger partial charge in [-0.3, -0.25) is 44.3 Å². The van der Waals surface area contributed by atoms with Gasteiger partial charge in [-0.15, -0.1) is 12.4 Å². The van der Waals surface area contributed by atoms with Crippen LogP contribution in [0.3, 0.4) is 0 Å². The standard InChI is InChI=1S/C33H48N2O4.2C28H38N2O4.ClH/c1-20(2)13-23-15-26(16-23)32-30(24-11-12-24)31(34-39-32)28(35(8)19-29(37)38-33(5,6)7)18-27(36)17-25-10-9-21(3)14-22(25)4;2*1-16(2)9-19-11-22(12-19)28-26(20-7-8-20)27(30-34-28)24(29-15-25(32)33)14-23(31)13-21-6-5-17(3)10-18(21)4;/h9-10,14,20,23-24,26,28H,11-13,15-19H2,1-8H3;2*5-6,10,16,19-20,22,24,29H,7-9,11-15H2,1-4H3,(H,32,33);1H. The molecule has 3 unspecified atom stereocenters. The molecule has 6 aliphatic carbocycles. The van der Waals surface area contributed by atoms with Gasteiger partial charge in [-0.1, -0.05) is 128 Å². The number of carboxylic acids is 2. The van der Waals surface area contributed by atoms with Gasteiger partial charge < -0.3 is 28.5 Å². The number of rotatable bonds is 36. The first-order valence-corrected chi connectivity index (χ1v) is 40.3. The van der Waals surface area contributed by atoms with E-state index in [1.807, 2.05) is 84.7 Å². The normalized spacial score (nSPS) is 20.4. The molecule has 0 aliphatic heterocycles. The molecule has 12 rings (SSSR count). The number of carboxylic acid groups (broad SMARTS) is 2. The van der Waals surface area contributed by atoms with Crippen molar-refractivity contribution in [1.29, 1.82) is 0 Å². The van der Waals surface area contributed by atoms with Gasteiger partial charge in [-0.25, -0.2) is 0 Å². The second kappa shape index (κ2) is 37.7. The summed E-state index contributed by atoms with van der Waals surface area (Å²) in [4.78, 5) is 77.0. The van der Waals surface area contributed by atoms with Crippen molar-refractivity contribution in [3.63, 3.8) is 0 Å². The number of likely N-dealkylation sites (N-methyl/N-ethyl adjacent to an activating group) is 1. The summed E-state index contributed by atoms with van der Waals surface area (Å²) in [7, 11) is 1.89. The number of esters is 1. The molecule has 0 bridgehead atoms. The van der Waals surface area contributed by atoms with Crippen molar-refractivity contribution in [2.24, 2.45) is 35.5 Å². The van der Waals surface area contributed by atoms with E-state index in [-0.39, 0.29) is 80.7 Å². The molecule has 6 aliphatic rings. The van der Waals surface area contributed by atoms with Crippen molar-refractivity contribution in [2.75, 3.05) is 26.7 Å². The number of aryl methyl sites for hydroxylation is 6. The highest BCUT2D eigenvalue weighted by Crippen LogP contribution is 2.56. The largest absolute Gasteiger partial charge is 0.480 e. The minimum Gasteiger partial charge on any atom is -0.480 e. The summed E-state index contributed by atoms with van der Waals surface area (Å²) < 4.78 is 23.6. The molecule has 0 amide bonds. The van der Waals surface area contributed by atoms with Gasteiger partial charge in [-0.05, 0) is 252 Å². The van der Waals surface area contributed by atoms with Crippen LogP contribution in [0.4, 0.5) is 0 Å². The Morgan fingerprint density at radius 1 is 0.481 bits per heavy atom. The van der Waals surface area contributed by atoms with Crippen LogP contribution in [0.2, 0.25) is 0 Å². The number of halogens is 1. The molecule has 108 heavy (non-hydrogen) atoms. The van der Waals surface area contributed by atoms with Gasteiger partial charge in [0.05, 0.1) is 37.8 Å². The molecular formula is C89H125ClN6O12. The van der Waals surface area contributed by atoms with E-state index in [0.717, 1.165) is 174 Å². The number of benzene rings is 3. The number of aromatic nitrogens is 3. The lowest BCUT2D eigenvalue weighted by Crippen LogP contribution is -2.36. The van der Waals surface area contributed by atoms with E-state index in [1.54, 1.807) is 0 Å². The first-order chi connectivity index (χ1) is 50.7. The fourth-order valence-corrected chi connectivity index (χ4v) is 17.1. The predicted molar refractivity (Wildman–Crippen MR) is 423 cm³/mol. The molecule has 0 spiro atoms. The van der Waals surface area contributed by atoms with E-state index in [0.29, 0.717) is 72.5 Å². The van der Waals surface area contributed by atoms with Gasteiger partial charge in [0.1, 0.15) is 57.3 Å². The molecule has 3 atom stereocenters. The topological polar surface area (TPSA) is 257 Å². The Morgan fingerprint density at radius 2 is 0.787 bits per heavy atom. The summed E-state index contributed by atoms with van der Waals surface area (Å²) >= 11 is 0. The summed E-state index contributed by atoms with van der Waals surface area (Å²) in [6, 6.07) is 17.2. The molecule has 3 aromatic heterocycles. The summed E-state index contributed by atoms with van der Waals surface area (Å²) in [5, 5.41) is 38.3. The van der Waals surface area contributed by atoms with Crippen LogP contribution in [0.15, 0.2) is 68.2 Å². The van der Waals surface area contributed by atoms with Gasteiger partial charge in [0.2, 0.25) is 0 Å². The molecule has 6 fully saturated rings. The Bertz CT molecular complexity index is 3890. The number of ether oxygens (including phenoxy) is 1. The van der Waals surface area contributed by atoms with Gasteiger partial charge in [-0.2, -0.15) is 0 Å². The van der Waals surface area contributed by atoms with Crippen molar-refractivity contribution in [1.82, 2.24) is 31.0 Å². The van der Waals surface area contributed by atoms with Crippen LogP contribution in [0, 0.1) is 77.0 Å². The van der Waals surface area contributed by atoms with Crippen molar-refractivity contribution in [2.45, 2.75) is 298 Å². The van der Waals surface area contributed by atoms with E-state index in [9.17, 15) is 39.0 Å². The molecule has 590 valence electrons. The van der Waals surface area contributed by atoms with Crippen molar-refractivity contribution < 1.29 is 57.3 Å². The maximum atomic E-state index is 13.5. The van der Waals surface area contributed by atoms with Crippen LogP contribution in [0.5, 0.6) is 0 Å². The number of carbonyl (C=O) groups excluding carboxylic acids is 4. The molecule has 6 saturated carbocycles. The smallest absolute Gasteiger partial charge is 0.320 e. The van der Waals surface area contributed by atoms with Crippen LogP contribution < -0.4 is 10.6 Å². The Kier molecular flexibility index (Phi) is 29.7. The number of carbonyl (C=O) groups is 6. The van der Waals surface area contributed by atoms with Crippen molar-refractivity contribution in [3.05, 3.63) is 156 Å². The van der Waals surface area contributed by atoms with Crippen LogP contribution in [-0.2, 0) is 52.8 Å². The molecule has 3 heterocycles. The number of hydrogen-bond acceptors (Lipinski definition) is 16. The zero-order chi connectivity index (χ0) is 77.3. The van der Waals surface area contributed by atoms with Crippen molar-refractivity contribution >= 4 is 47.7 Å². The van der Waals surface area contributed by atoms with Gasteiger partial charge in [0.15, 0.2) is 0 Å². The summed E-state index contributed by atoms with van der Waals surface area (Å²) in [6.45, 7) is 31.2. The number of hydrogen-bond donors (Lipinski definition) is 4. The highest BCUT2D eigenvalue weighted by Gasteiger charge is 2.46. The van der Waals surface area contributed by atoms with Crippen LogP contribution >= 0.6 is 12.4 Å². The third kappa shape index (κ3) is 24.0. The molecule has 19 heteroatoms. The maximum absolute atomic E-state index is 13.5. The van der Waals surface area contributed by atoms with E-state index in [2.05, 4.69) is 112 Å². The second-order valence-corrected chi connectivity index (χ2v) is 35.6. The molecule has 0 radical (unpaired) electrons. The van der Waals surface area contributed by atoms with Crippen LogP contribution in [0.1, 0.15) is 333 Å². The van der Waals surface area contributed by atoms with E-state index in [4.69, 9.17) is 18.3 Å². The third-order valence-electron chi connectivity index (χ3n) is 22.8. The molecule has 4 N–H and O–H groups in total. The number of aliphatic carboxylic acids is 2. The van der Waals surface area contributed by atoms with Gasteiger partial charge in [0, 0.05) is 73.0 Å². The van der Waals surface area contributed by atoms with Gasteiger partial charge in [0.25, 0.3) is 0 Å². The molecule has 18 nitrogen and oxygen atoms in total. The Labute approximate surface area is 648 Å². The number of Topliss-reactive ketones (excluding diaryl/α,β-unsaturated/α-hetero) is 3. The van der Waals surface area contributed by atoms with E-state index in [1.165, 1.54) is 41.5 Å². The first-order valence-electron chi connectivity index (χ1n) is 40.3. The first kappa shape index (κ1) is 84.9. The monoisotopic (exact) mass is 1500 g/mol. The summed E-state index contributed by atoms with van der Waals surface area (Å²) in [5.41, 5.74) is 15.2. The Balaban J connectivity index is 0.000000187. The number of nitrogens with zero attached hydrogens (tertiary/aromatic N) is 4. The van der Waals surface area contributed by atoms with Gasteiger partial charge >= 0.3 is 17.9 Å². The minimum absolute atomic E-state index is 0. The lowest BCUT2D eigenvalue weighted by molar-refractivity contribution is -0.156. The third-order valence-corrected chi connectivity index (χ3v) is 22.8. The minimum atomic E-state index is -0.945. The lowest BCUT2D eigenvalue weighted by atomic mass is 9.69.